The molecule has 0 unspecified atom stereocenters. The van der Waals surface area contributed by atoms with Gasteiger partial charge in [0.05, 0.1) is 11.4 Å². The lowest BCUT2D eigenvalue weighted by Crippen LogP contribution is -2.14. The number of hydrogen-bond donors (Lipinski definition) is 0. The monoisotopic (exact) mass is 230 g/mol. The maximum atomic E-state index is 4.54. The van der Waals surface area contributed by atoms with E-state index in [0.29, 0.717) is 0 Å². The molecule has 0 radical (unpaired) electrons. The van der Waals surface area contributed by atoms with E-state index in [9.17, 15) is 0 Å². The molecule has 0 spiro atoms. The molecule has 1 aromatic carbocycles. The van der Waals surface area contributed by atoms with Gasteiger partial charge in [0, 0.05) is 17.8 Å². The van der Waals surface area contributed by atoms with E-state index in [0.717, 1.165) is 24.2 Å². The van der Waals surface area contributed by atoms with Crippen molar-refractivity contribution in [2.75, 3.05) is 0 Å². The summed E-state index contributed by atoms with van der Waals surface area (Å²) in [4.78, 5) is 8.76. The van der Waals surface area contributed by atoms with Gasteiger partial charge in [-0.05, 0) is 44.0 Å². The Morgan fingerprint density at radius 2 is 1.47 bits per heavy atom. The van der Waals surface area contributed by atoms with Crippen LogP contribution in [-0.2, 0) is 0 Å². The molecule has 0 bridgehead atoms. The highest BCUT2D eigenvalue weighted by molar-refractivity contribution is 5.70. The SMILES string of the molecule is C/C=N/c1ccc(/N=C/C(C)(CC)CC)cc1. The quantitative estimate of drug-likeness (QED) is 0.640. The molecule has 0 aliphatic rings. The molecular weight excluding hydrogens is 208 g/mol. The zero-order chi connectivity index (χ0) is 12.7. The van der Waals surface area contributed by atoms with Gasteiger partial charge in [-0.2, -0.15) is 0 Å². The Morgan fingerprint density at radius 3 is 1.88 bits per heavy atom. The van der Waals surface area contributed by atoms with Crippen LogP contribution in [0.3, 0.4) is 0 Å². The van der Waals surface area contributed by atoms with Crippen molar-refractivity contribution in [2.45, 2.75) is 40.5 Å². The highest BCUT2D eigenvalue weighted by Crippen LogP contribution is 2.25. The van der Waals surface area contributed by atoms with Crippen LogP contribution < -0.4 is 0 Å². The van der Waals surface area contributed by atoms with Crippen molar-refractivity contribution < 1.29 is 0 Å². The molecular formula is C15H22N2. The third-order valence-electron chi connectivity index (χ3n) is 3.27. The fourth-order valence-corrected chi connectivity index (χ4v) is 1.44. The Hall–Kier alpha value is -1.44. The lowest BCUT2D eigenvalue weighted by molar-refractivity contribution is 0.444. The van der Waals surface area contributed by atoms with E-state index in [1.54, 1.807) is 6.21 Å². The van der Waals surface area contributed by atoms with Gasteiger partial charge in [-0.15, -0.1) is 0 Å². The summed E-state index contributed by atoms with van der Waals surface area (Å²) >= 11 is 0. The van der Waals surface area contributed by atoms with E-state index in [2.05, 4.69) is 37.0 Å². The predicted octanol–water partition coefficient (Wildman–Crippen LogP) is 4.94. The summed E-state index contributed by atoms with van der Waals surface area (Å²) in [5.41, 5.74) is 2.17. The van der Waals surface area contributed by atoms with Crippen molar-refractivity contribution >= 4 is 23.8 Å². The van der Waals surface area contributed by atoms with Gasteiger partial charge >= 0.3 is 0 Å². The highest BCUT2D eigenvalue weighted by atomic mass is 14.7. The molecule has 1 aromatic rings. The van der Waals surface area contributed by atoms with Crippen molar-refractivity contribution in [3.63, 3.8) is 0 Å². The van der Waals surface area contributed by atoms with Crippen LogP contribution in [0, 0.1) is 5.41 Å². The number of hydrogen-bond acceptors (Lipinski definition) is 2. The summed E-state index contributed by atoms with van der Waals surface area (Å²) < 4.78 is 0. The van der Waals surface area contributed by atoms with Crippen LogP contribution in [0.1, 0.15) is 40.5 Å². The highest BCUT2D eigenvalue weighted by Gasteiger charge is 2.15. The number of nitrogens with zero attached hydrogens (tertiary/aromatic N) is 2. The van der Waals surface area contributed by atoms with E-state index in [-0.39, 0.29) is 5.41 Å². The minimum Gasteiger partial charge on any atom is -0.262 e. The minimum absolute atomic E-state index is 0.209. The molecule has 2 heteroatoms. The summed E-state index contributed by atoms with van der Waals surface area (Å²) in [6.07, 6.45) is 6.10. The van der Waals surface area contributed by atoms with Gasteiger partial charge in [0.15, 0.2) is 0 Å². The molecule has 0 aliphatic heterocycles. The molecule has 2 nitrogen and oxygen atoms in total. The van der Waals surface area contributed by atoms with E-state index >= 15 is 0 Å². The van der Waals surface area contributed by atoms with E-state index in [4.69, 9.17) is 0 Å². The molecule has 0 saturated heterocycles. The first-order valence-corrected chi connectivity index (χ1v) is 6.27. The van der Waals surface area contributed by atoms with E-state index in [1.807, 2.05) is 31.2 Å². The lowest BCUT2D eigenvalue weighted by atomic mass is 9.86. The van der Waals surface area contributed by atoms with Crippen LogP contribution in [0.4, 0.5) is 11.4 Å². The van der Waals surface area contributed by atoms with E-state index in [1.165, 1.54) is 0 Å². The molecule has 0 fully saturated rings. The molecule has 0 heterocycles. The smallest absolute Gasteiger partial charge is 0.0627 e. The van der Waals surface area contributed by atoms with Crippen LogP contribution >= 0.6 is 0 Å². The fourth-order valence-electron chi connectivity index (χ4n) is 1.44. The first-order valence-electron chi connectivity index (χ1n) is 6.27. The summed E-state index contributed by atoms with van der Waals surface area (Å²) in [7, 11) is 0. The van der Waals surface area contributed by atoms with Crippen molar-refractivity contribution in [2.24, 2.45) is 15.4 Å². The Bertz CT molecular complexity index is 384. The maximum Gasteiger partial charge on any atom is 0.0627 e. The molecule has 0 N–H and O–H groups in total. The molecule has 17 heavy (non-hydrogen) atoms. The van der Waals surface area contributed by atoms with Crippen LogP contribution in [0.25, 0.3) is 0 Å². The van der Waals surface area contributed by atoms with Gasteiger partial charge < -0.3 is 0 Å². The second-order valence-electron chi connectivity index (χ2n) is 4.52. The predicted molar refractivity (Wildman–Crippen MR) is 77.1 cm³/mol. The Kier molecular flexibility index (Phi) is 5.08. The van der Waals surface area contributed by atoms with Gasteiger partial charge in [0.25, 0.3) is 0 Å². The van der Waals surface area contributed by atoms with Crippen LogP contribution in [0.2, 0.25) is 0 Å². The van der Waals surface area contributed by atoms with Crippen molar-refractivity contribution in [3.8, 4) is 0 Å². The lowest BCUT2D eigenvalue weighted by Gasteiger charge is -2.20. The number of rotatable bonds is 5. The zero-order valence-electron chi connectivity index (χ0n) is 11.3. The topological polar surface area (TPSA) is 24.7 Å². The minimum atomic E-state index is 0.209. The van der Waals surface area contributed by atoms with Crippen molar-refractivity contribution in [3.05, 3.63) is 24.3 Å². The van der Waals surface area contributed by atoms with Crippen LogP contribution in [-0.4, -0.2) is 12.4 Å². The molecule has 0 amide bonds. The number of benzene rings is 1. The van der Waals surface area contributed by atoms with Gasteiger partial charge in [-0.1, -0.05) is 20.8 Å². The average Bonchev–Trinajstić information content (AvgIpc) is 2.38. The normalized spacial score (nSPS) is 12.7. The second kappa shape index (κ2) is 6.33. The Balaban J connectivity index is 2.78. The first-order chi connectivity index (χ1) is 8.13. The van der Waals surface area contributed by atoms with Gasteiger partial charge in [0.1, 0.15) is 0 Å². The molecule has 92 valence electrons. The van der Waals surface area contributed by atoms with Crippen LogP contribution in [0.15, 0.2) is 34.3 Å². The Labute approximate surface area is 105 Å². The van der Waals surface area contributed by atoms with Crippen molar-refractivity contribution in [1.29, 1.82) is 0 Å². The second-order valence-corrected chi connectivity index (χ2v) is 4.52. The summed E-state index contributed by atoms with van der Waals surface area (Å²) in [5, 5.41) is 0. The molecule has 0 saturated carbocycles. The van der Waals surface area contributed by atoms with Gasteiger partial charge in [-0.25, -0.2) is 0 Å². The third-order valence-corrected chi connectivity index (χ3v) is 3.27. The largest absolute Gasteiger partial charge is 0.262 e. The molecule has 0 atom stereocenters. The molecule has 0 aliphatic carbocycles. The summed E-state index contributed by atoms with van der Waals surface area (Å²) in [5.74, 6) is 0. The van der Waals surface area contributed by atoms with Gasteiger partial charge in [0.2, 0.25) is 0 Å². The Morgan fingerprint density at radius 1 is 1.00 bits per heavy atom. The van der Waals surface area contributed by atoms with Crippen molar-refractivity contribution in [1.82, 2.24) is 0 Å². The molecule has 0 aromatic heterocycles. The summed E-state index contributed by atoms with van der Waals surface area (Å²) in [6, 6.07) is 7.99. The first kappa shape index (κ1) is 13.6. The molecule has 1 rings (SSSR count). The third kappa shape index (κ3) is 4.14. The van der Waals surface area contributed by atoms with E-state index < -0.39 is 0 Å². The number of aliphatic imine (C=N–C) groups is 2. The average molecular weight is 230 g/mol. The van der Waals surface area contributed by atoms with Crippen LogP contribution in [0.5, 0.6) is 0 Å². The standard InChI is InChI=1S/C15H22N2/c1-5-15(4,6-2)12-17-14-10-8-13(9-11-14)16-7-3/h7-12H,5-6H2,1-4H3/b16-7+,17-12+. The summed E-state index contributed by atoms with van der Waals surface area (Å²) in [6.45, 7) is 8.56. The maximum absolute atomic E-state index is 4.54. The van der Waals surface area contributed by atoms with Gasteiger partial charge in [-0.3, -0.25) is 9.98 Å². The fraction of sp³-hybridized carbons (Fsp3) is 0.467. The zero-order valence-corrected chi connectivity index (χ0v) is 11.3.